The number of carbonyl (C=O) groups is 2. The number of rotatable bonds is 4. The van der Waals surface area contributed by atoms with E-state index in [1.54, 1.807) is 18.5 Å². The van der Waals surface area contributed by atoms with Gasteiger partial charge in [0.25, 0.3) is 5.91 Å². The van der Waals surface area contributed by atoms with Gasteiger partial charge in [-0.1, -0.05) is 0 Å². The Hall–Kier alpha value is -3.23. The molecular formula is C20H18BrF3N4O5S. The number of carbonyl (C=O) groups excluding carboxylic acids is 1. The number of benzene rings is 2. The minimum Gasteiger partial charge on any atom is -0.475 e. The van der Waals surface area contributed by atoms with Crippen molar-refractivity contribution in [3.63, 3.8) is 0 Å². The van der Waals surface area contributed by atoms with E-state index >= 15 is 0 Å². The highest BCUT2D eigenvalue weighted by atomic mass is 79.9. The van der Waals surface area contributed by atoms with E-state index in [0.717, 1.165) is 17.1 Å². The number of nitrogens with two attached hydrogens (primary N) is 1. The van der Waals surface area contributed by atoms with Crippen LogP contribution in [0.1, 0.15) is 21.7 Å². The molecule has 1 amide bonds. The number of sulfonamides is 1. The van der Waals surface area contributed by atoms with Crippen molar-refractivity contribution in [2.45, 2.75) is 24.9 Å². The number of aliphatic carboxylic acids is 1. The van der Waals surface area contributed by atoms with Crippen LogP contribution in [0.15, 0.2) is 58.2 Å². The van der Waals surface area contributed by atoms with Crippen LogP contribution in [-0.2, 0) is 14.8 Å². The molecule has 0 saturated carbocycles. The Balaban J connectivity index is 0.000000509. The summed E-state index contributed by atoms with van der Waals surface area (Å²) >= 11 is 3.12. The maximum atomic E-state index is 12.4. The van der Waals surface area contributed by atoms with Crippen LogP contribution in [0.3, 0.4) is 0 Å². The van der Waals surface area contributed by atoms with Gasteiger partial charge in [-0.05, 0) is 72.2 Å². The van der Waals surface area contributed by atoms with Gasteiger partial charge in [0.15, 0.2) is 0 Å². The van der Waals surface area contributed by atoms with Gasteiger partial charge in [0.05, 0.1) is 16.9 Å². The summed E-state index contributed by atoms with van der Waals surface area (Å²) in [5, 5.41) is 15.0. The van der Waals surface area contributed by atoms with Crippen LogP contribution >= 0.6 is 15.9 Å². The molecule has 0 spiro atoms. The first-order chi connectivity index (χ1) is 15.6. The van der Waals surface area contributed by atoms with Crippen molar-refractivity contribution in [2.75, 3.05) is 5.32 Å². The number of imidazole rings is 1. The fourth-order valence-corrected chi connectivity index (χ4v) is 4.08. The lowest BCUT2D eigenvalue weighted by Crippen LogP contribution is -2.21. The molecule has 0 aliphatic rings. The van der Waals surface area contributed by atoms with Crippen molar-refractivity contribution >= 4 is 43.5 Å². The first-order valence-electron chi connectivity index (χ1n) is 9.16. The summed E-state index contributed by atoms with van der Waals surface area (Å²) in [6.07, 6.45) is -3.34. The van der Waals surface area contributed by atoms with Gasteiger partial charge in [0.1, 0.15) is 0 Å². The van der Waals surface area contributed by atoms with Gasteiger partial charge < -0.3 is 15.0 Å². The zero-order chi connectivity index (χ0) is 25.8. The van der Waals surface area contributed by atoms with E-state index in [4.69, 9.17) is 15.0 Å². The number of alkyl halides is 3. The maximum Gasteiger partial charge on any atom is 0.490 e. The third kappa shape index (κ3) is 6.88. The maximum absolute atomic E-state index is 12.4. The standard InChI is InChI=1S/C18H17BrN4O3S.C2HF3O2/c1-11-12(2)23(10-21-11)15-6-4-14(5-7-15)22-18(24)13-3-8-16(19)17(9-13)27(20,25)26;3-2(4,5)1(6)7/h3-10H,1-2H3,(H,22,24)(H2,20,25,26);(H,6,7). The molecular weight excluding hydrogens is 545 g/mol. The SMILES string of the molecule is Cc1ncn(-c2ccc(NC(=O)c3ccc(Br)c(S(N)(=O)=O)c3)cc2)c1C.O=C(O)C(F)(F)F. The summed E-state index contributed by atoms with van der Waals surface area (Å²) in [4.78, 5) is 25.5. The monoisotopic (exact) mass is 562 g/mol. The van der Waals surface area contributed by atoms with Gasteiger partial charge in [-0.3, -0.25) is 4.79 Å². The Bertz CT molecular complexity index is 1320. The molecule has 34 heavy (non-hydrogen) atoms. The van der Waals surface area contributed by atoms with E-state index in [2.05, 4.69) is 26.2 Å². The van der Waals surface area contributed by atoms with E-state index < -0.39 is 28.1 Å². The van der Waals surface area contributed by atoms with Crippen LogP contribution in [0.5, 0.6) is 0 Å². The molecule has 4 N–H and O–H groups in total. The highest BCUT2D eigenvalue weighted by Crippen LogP contribution is 2.23. The van der Waals surface area contributed by atoms with Gasteiger partial charge in [0, 0.05) is 27.1 Å². The van der Waals surface area contributed by atoms with Crippen molar-refractivity contribution in [3.05, 3.63) is 70.2 Å². The first kappa shape index (κ1) is 27.0. The second kappa shape index (κ2) is 10.4. The van der Waals surface area contributed by atoms with Crippen LogP contribution in [0, 0.1) is 13.8 Å². The van der Waals surface area contributed by atoms with Gasteiger partial charge >= 0.3 is 12.1 Å². The minimum absolute atomic E-state index is 0.142. The number of halogens is 4. The summed E-state index contributed by atoms with van der Waals surface area (Å²) in [5.74, 6) is -3.19. The third-order valence-electron chi connectivity index (χ3n) is 4.40. The quantitative estimate of drug-likeness (QED) is 0.441. The first-order valence-corrected chi connectivity index (χ1v) is 11.5. The number of carboxylic acid groups (broad SMARTS) is 1. The predicted octanol–water partition coefficient (Wildman–Crippen LogP) is 3.78. The van der Waals surface area contributed by atoms with Crippen LogP contribution in [-0.4, -0.2) is 41.1 Å². The van der Waals surface area contributed by atoms with Crippen molar-refractivity contribution in [1.82, 2.24) is 9.55 Å². The van der Waals surface area contributed by atoms with Gasteiger partial charge in [-0.15, -0.1) is 0 Å². The summed E-state index contributed by atoms with van der Waals surface area (Å²) in [7, 11) is -3.94. The van der Waals surface area contributed by atoms with Crippen molar-refractivity contribution in [2.24, 2.45) is 5.14 Å². The molecule has 1 aromatic heterocycles. The summed E-state index contributed by atoms with van der Waals surface area (Å²) in [5.41, 5.74) is 3.68. The van der Waals surface area contributed by atoms with Crippen LogP contribution in [0.4, 0.5) is 18.9 Å². The summed E-state index contributed by atoms with van der Waals surface area (Å²) in [6, 6.07) is 11.5. The summed E-state index contributed by atoms with van der Waals surface area (Å²) in [6.45, 7) is 3.92. The average Bonchev–Trinajstić information content (AvgIpc) is 3.06. The molecule has 3 aromatic rings. The molecule has 0 unspecified atom stereocenters. The topological polar surface area (TPSA) is 144 Å². The predicted molar refractivity (Wildman–Crippen MR) is 120 cm³/mol. The van der Waals surface area contributed by atoms with Crippen molar-refractivity contribution in [1.29, 1.82) is 0 Å². The Morgan fingerprint density at radius 1 is 1.12 bits per heavy atom. The molecule has 1 heterocycles. The average molecular weight is 563 g/mol. The van der Waals surface area contributed by atoms with Crippen LogP contribution in [0.25, 0.3) is 5.69 Å². The number of nitrogens with zero attached hydrogens (tertiary/aromatic N) is 2. The Labute approximate surface area is 200 Å². The third-order valence-corrected chi connectivity index (χ3v) is 6.30. The number of aryl methyl sites for hydroxylation is 1. The number of carboxylic acids is 1. The molecule has 0 aliphatic heterocycles. The molecule has 182 valence electrons. The Morgan fingerprint density at radius 3 is 2.12 bits per heavy atom. The van der Waals surface area contributed by atoms with E-state index in [-0.39, 0.29) is 10.5 Å². The molecule has 0 aliphatic carbocycles. The van der Waals surface area contributed by atoms with E-state index in [1.807, 2.05) is 30.5 Å². The second-order valence-electron chi connectivity index (χ2n) is 6.78. The molecule has 3 rings (SSSR count). The lowest BCUT2D eigenvalue weighted by atomic mass is 10.2. The van der Waals surface area contributed by atoms with Crippen LogP contribution < -0.4 is 10.5 Å². The number of nitrogens with one attached hydrogen (secondary N) is 1. The zero-order valence-electron chi connectivity index (χ0n) is 17.6. The highest BCUT2D eigenvalue weighted by molar-refractivity contribution is 9.10. The van der Waals surface area contributed by atoms with E-state index in [1.165, 1.54) is 18.2 Å². The van der Waals surface area contributed by atoms with Gasteiger partial charge in [-0.25, -0.2) is 23.3 Å². The highest BCUT2D eigenvalue weighted by Gasteiger charge is 2.38. The van der Waals surface area contributed by atoms with Crippen molar-refractivity contribution in [3.8, 4) is 5.69 Å². The van der Waals surface area contributed by atoms with Crippen LogP contribution in [0.2, 0.25) is 0 Å². The molecule has 0 atom stereocenters. The molecule has 0 fully saturated rings. The Morgan fingerprint density at radius 2 is 1.68 bits per heavy atom. The molecule has 2 aromatic carbocycles. The number of primary sulfonamides is 1. The Kier molecular flexibility index (Phi) is 8.23. The molecule has 9 nitrogen and oxygen atoms in total. The number of anilines is 1. The molecule has 0 radical (unpaired) electrons. The van der Waals surface area contributed by atoms with Crippen molar-refractivity contribution < 1.29 is 36.3 Å². The second-order valence-corrected chi connectivity index (χ2v) is 9.16. The number of aromatic nitrogens is 2. The lowest BCUT2D eigenvalue weighted by Gasteiger charge is -2.10. The van der Waals surface area contributed by atoms with E-state index in [9.17, 15) is 26.4 Å². The number of hydrogen-bond donors (Lipinski definition) is 3. The lowest BCUT2D eigenvalue weighted by molar-refractivity contribution is -0.192. The van der Waals surface area contributed by atoms with Gasteiger partial charge in [-0.2, -0.15) is 13.2 Å². The minimum atomic E-state index is -5.08. The normalized spacial score (nSPS) is 11.4. The zero-order valence-corrected chi connectivity index (χ0v) is 20.0. The smallest absolute Gasteiger partial charge is 0.475 e. The fraction of sp³-hybridized carbons (Fsp3) is 0.150. The molecule has 0 bridgehead atoms. The number of amides is 1. The molecule has 14 heteroatoms. The fourth-order valence-electron chi connectivity index (χ4n) is 2.53. The molecule has 0 saturated heterocycles. The summed E-state index contributed by atoms with van der Waals surface area (Å²) < 4.78 is 57.2. The van der Waals surface area contributed by atoms with E-state index in [0.29, 0.717) is 10.2 Å². The number of hydrogen-bond acceptors (Lipinski definition) is 5. The van der Waals surface area contributed by atoms with Gasteiger partial charge in [0.2, 0.25) is 10.0 Å². The largest absolute Gasteiger partial charge is 0.490 e.